The van der Waals surface area contributed by atoms with Crippen molar-refractivity contribution in [3.63, 3.8) is 0 Å². The average molecular weight is 474 g/mol. The average Bonchev–Trinajstić information content (AvgIpc) is 2.87. The van der Waals surface area contributed by atoms with Gasteiger partial charge in [0.2, 0.25) is 0 Å². The summed E-state index contributed by atoms with van der Waals surface area (Å²) in [5, 5.41) is 3.65. The number of unbranched alkanes of at least 4 members (excludes halogenated alkanes) is 9. The van der Waals surface area contributed by atoms with Crippen LogP contribution in [0.2, 0.25) is 0 Å². The molecule has 0 aliphatic carbocycles. The first kappa shape index (κ1) is 27.8. The molecule has 0 saturated heterocycles. The molecule has 0 heterocycles. The Bertz CT molecular complexity index is 737. The predicted octanol–water partition coefficient (Wildman–Crippen LogP) is 8.49. The number of benzene rings is 2. The minimum Gasteiger partial charge on any atom is -0.311 e. The van der Waals surface area contributed by atoms with Gasteiger partial charge < -0.3 is 9.05 Å². The van der Waals surface area contributed by atoms with Crippen LogP contribution in [-0.4, -0.2) is 20.0 Å². The zero-order valence-electron chi connectivity index (χ0n) is 20.9. The first-order valence-electron chi connectivity index (χ1n) is 12.7. The van der Waals surface area contributed by atoms with Crippen molar-refractivity contribution in [2.24, 2.45) is 0 Å². The molecule has 0 aliphatic heterocycles. The molecule has 0 radical (unpaired) electrons. The van der Waals surface area contributed by atoms with Gasteiger partial charge in [0.15, 0.2) is 0 Å². The van der Waals surface area contributed by atoms with E-state index in [-0.39, 0.29) is 11.8 Å². The maximum absolute atomic E-state index is 13.4. The van der Waals surface area contributed by atoms with E-state index in [1.165, 1.54) is 65.6 Å². The molecule has 0 amide bonds. The van der Waals surface area contributed by atoms with Gasteiger partial charge in [0.05, 0.1) is 6.04 Å². The quantitative estimate of drug-likeness (QED) is 0.174. The van der Waals surface area contributed by atoms with Crippen molar-refractivity contribution in [1.82, 2.24) is 5.32 Å². The molecule has 2 aromatic rings. The molecule has 2 rings (SSSR count). The molecule has 0 spiro atoms. The zero-order valence-corrected chi connectivity index (χ0v) is 21.8. The number of rotatable bonds is 18. The molecule has 0 aliphatic rings. The summed E-state index contributed by atoms with van der Waals surface area (Å²) in [6.07, 6.45) is 13.5. The zero-order chi connectivity index (χ0) is 23.8. The van der Waals surface area contributed by atoms with Gasteiger partial charge in [0.25, 0.3) is 0 Å². The Kier molecular flexibility index (Phi) is 13.7. The van der Waals surface area contributed by atoms with Gasteiger partial charge in [0, 0.05) is 14.2 Å². The molecule has 0 bridgehead atoms. The lowest BCUT2D eigenvalue weighted by Crippen LogP contribution is -2.34. The summed E-state index contributed by atoms with van der Waals surface area (Å²) in [5.74, 6) is -0.369. The van der Waals surface area contributed by atoms with Gasteiger partial charge >= 0.3 is 7.60 Å². The third kappa shape index (κ3) is 9.74. The lowest BCUT2D eigenvalue weighted by atomic mass is 9.98. The second-order valence-corrected chi connectivity index (χ2v) is 11.2. The first-order chi connectivity index (χ1) is 16.1. The Hall–Kier alpha value is -1.45. The van der Waals surface area contributed by atoms with Crippen LogP contribution in [0.25, 0.3) is 0 Å². The Labute approximate surface area is 202 Å². The molecule has 5 heteroatoms. The number of nitrogens with one attached hydrogen (secondary N) is 1. The van der Waals surface area contributed by atoms with E-state index in [9.17, 15) is 4.57 Å². The minimum atomic E-state index is -3.27. The van der Waals surface area contributed by atoms with Gasteiger partial charge in [-0.05, 0) is 17.5 Å². The standard InChI is InChI=1S/C28H44NO3P/c1-4-5-6-7-8-9-10-11-12-19-24-27(33(30,31-2)32-3)29-28(25-20-15-13-16-21-25)26-22-17-14-18-23-26/h13-18,20-23,27-29H,4-12,19,24H2,1-3H3/t27-/m1/s1. The summed E-state index contributed by atoms with van der Waals surface area (Å²) in [4.78, 5) is 0. The van der Waals surface area contributed by atoms with Gasteiger partial charge in [-0.25, -0.2) is 0 Å². The molecular weight excluding hydrogens is 429 g/mol. The molecule has 1 atom stereocenters. The van der Waals surface area contributed by atoms with Crippen molar-refractivity contribution in [3.05, 3.63) is 71.8 Å². The Morgan fingerprint density at radius 3 is 1.55 bits per heavy atom. The van der Waals surface area contributed by atoms with E-state index in [0.29, 0.717) is 0 Å². The topological polar surface area (TPSA) is 47.6 Å². The highest BCUT2D eigenvalue weighted by Crippen LogP contribution is 2.53. The fraction of sp³-hybridized carbons (Fsp3) is 0.571. The van der Waals surface area contributed by atoms with E-state index in [2.05, 4.69) is 36.5 Å². The molecule has 2 aromatic carbocycles. The molecule has 4 nitrogen and oxygen atoms in total. The lowest BCUT2D eigenvalue weighted by Gasteiger charge is -2.30. The normalized spacial score (nSPS) is 12.8. The largest absolute Gasteiger partial charge is 0.346 e. The summed E-state index contributed by atoms with van der Waals surface area (Å²) in [6.45, 7) is 2.26. The predicted molar refractivity (Wildman–Crippen MR) is 140 cm³/mol. The Morgan fingerprint density at radius 1 is 0.697 bits per heavy atom. The second kappa shape index (κ2) is 16.2. The van der Waals surface area contributed by atoms with E-state index in [4.69, 9.17) is 9.05 Å². The van der Waals surface area contributed by atoms with Crippen LogP contribution in [0.3, 0.4) is 0 Å². The van der Waals surface area contributed by atoms with Crippen molar-refractivity contribution in [2.45, 2.75) is 89.4 Å². The fourth-order valence-electron chi connectivity index (χ4n) is 4.36. The maximum Gasteiger partial charge on any atom is 0.346 e. The number of hydrogen-bond donors (Lipinski definition) is 1. The summed E-state index contributed by atoms with van der Waals surface area (Å²) >= 11 is 0. The van der Waals surface area contributed by atoms with Crippen molar-refractivity contribution < 1.29 is 13.6 Å². The van der Waals surface area contributed by atoms with E-state index < -0.39 is 7.60 Å². The number of hydrogen-bond acceptors (Lipinski definition) is 4. The van der Waals surface area contributed by atoms with E-state index in [1.54, 1.807) is 0 Å². The second-order valence-electron chi connectivity index (χ2n) is 8.81. The van der Waals surface area contributed by atoms with Crippen LogP contribution >= 0.6 is 7.60 Å². The van der Waals surface area contributed by atoms with E-state index >= 15 is 0 Å². The third-order valence-electron chi connectivity index (χ3n) is 6.35. The van der Waals surface area contributed by atoms with Crippen molar-refractivity contribution in [1.29, 1.82) is 0 Å². The summed E-state index contributed by atoms with van der Waals surface area (Å²) in [5.41, 5.74) is 2.27. The minimum absolute atomic E-state index is 0.0841. The molecule has 33 heavy (non-hydrogen) atoms. The van der Waals surface area contributed by atoms with Crippen molar-refractivity contribution in [2.75, 3.05) is 14.2 Å². The molecule has 0 saturated carbocycles. The van der Waals surface area contributed by atoms with Crippen molar-refractivity contribution in [3.8, 4) is 0 Å². The van der Waals surface area contributed by atoms with Gasteiger partial charge in [-0.1, -0.05) is 132 Å². The Balaban J connectivity index is 1.98. The molecule has 184 valence electrons. The SMILES string of the molecule is CCCCCCCCCCCC[C@H](NC(c1ccccc1)c1ccccc1)P(=O)(OC)OC. The lowest BCUT2D eigenvalue weighted by molar-refractivity contribution is 0.253. The van der Waals surface area contributed by atoms with Gasteiger partial charge in [-0.15, -0.1) is 0 Å². The summed E-state index contributed by atoms with van der Waals surface area (Å²) < 4.78 is 24.3. The van der Waals surface area contributed by atoms with Crippen LogP contribution in [0.15, 0.2) is 60.7 Å². The molecule has 0 unspecified atom stereocenters. The summed E-state index contributed by atoms with van der Waals surface area (Å²) in [7, 11) is -0.307. The monoisotopic (exact) mass is 473 g/mol. The van der Waals surface area contributed by atoms with Crippen LogP contribution < -0.4 is 5.32 Å². The highest BCUT2D eigenvalue weighted by molar-refractivity contribution is 7.54. The molecular formula is C28H44NO3P. The third-order valence-corrected chi connectivity index (χ3v) is 8.54. The fourth-order valence-corrected chi connectivity index (χ4v) is 5.84. The molecule has 0 fully saturated rings. The highest BCUT2D eigenvalue weighted by Gasteiger charge is 2.35. The van der Waals surface area contributed by atoms with Gasteiger partial charge in [0.1, 0.15) is 5.78 Å². The maximum atomic E-state index is 13.4. The van der Waals surface area contributed by atoms with E-state index in [1.807, 2.05) is 36.4 Å². The Morgan fingerprint density at radius 2 is 1.12 bits per heavy atom. The van der Waals surface area contributed by atoms with Crippen LogP contribution in [0, 0.1) is 0 Å². The van der Waals surface area contributed by atoms with Gasteiger partial charge in [-0.3, -0.25) is 9.88 Å². The van der Waals surface area contributed by atoms with Gasteiger partial charge in [-0.2, -0.15) is 0 Å². The first-order valence-corrected chi connectivity index (χ1v) is 14.3. The highest BCUT2D eigenvalue weighted by atomic mass is 31.2. The summed E-state index contributed by atoms with van der Waals surface area (Å²) in [6, 6.07) is 20.5. The smallest absolute Gasteiger partial charge is 0.311 e. The van der Waals surface area contributed by atoms with Crippen LogP contribution in [0.4, 0.5) is 0 Å². The van der Waals surface area contributed by atoms with Crippen molar-refractivity contribution >= 4 is 7.60 Å². The van der Waals surface area contributed by atoms with Crippen LogP contribution in [0.5, 0.6) is 0 Å². The molecule has 0 aromatic heterocycles. The van der Waals surface area contributed by atoms with Crippen LogP contribution in [-0.2, 0) is 13.6 Å². The molecule has 1 N–H and O–H groups in total. The van der Waals surface area contributed by atoms with Crippen LogP contribution in [0.1, 0.15) is 94.7 Å². The van der Waals surface area contributed by atoms with E-state index in [0.717, 1.165) is 30.4 Å².